The van der Waals surface area contributed by atoms with Crippen LogP contribution in [-0.4, -0.2) is 96.7 Å². The van der Waals surface area contributed by atoms with Crippen molar-refractivity contribution in [3.8, 4) is 0 Å². The van der Waals surface area contributed by atoms with Crippen molar-refractivity contribution >= 4 is 39.5 Å². The van der Waals surface area contributed by atoms with Crippen LogP contribution in [0.3, 0.4) is 0 Å². The Morgan fingerprint density at radius 3 is 0.913 bits per heavy atom. The lowest BCUT2D eigenvalue weighted by Gasteiger charge is -2.21. The maximum atomic E-state index is 13.0. The van der Waals surface area contributed by atoms with Gasteiger partial charge in [-0.15, -0.1) is 0 Å². The van der Waals surface area contributed by atoms with Crippen molar-refractivity contribution < 1.29 is 80.2 Å². The number of unbranched alkanes of at least 4 members (excludes halogenated alkanes) is 30. The Balaban J connectivity index is 5.30. The normalized spacial score (nSPS) is 14.5. The predicted octanol–water partition coefficient (Wildman–Crippen LogP) is 20.1. The number of ether oxygens (including phenoxy) is 4. The highest BCUT2D eigenvalue weighted by molar-refractivity contribution is 7.47. The van der Waals surface area contributed by atoms with Gasteiger partial charge in [0.25, 0.3) is 0 Å². The van der Waals surface area contributed by atoms with E-state index in [1.54, 1.807) is 0 Å². The van der Waals surface area contributed by atoms with E-state index >= 15 is 0 Å². The molecule has 19 heteroatoms. The molecule has 3 N–H and O–H groups in total. The van der Waals surface area contributed by atoms with E-state index in [0.29, 0.717) is 25.7 Å². The third-order valence-corrected chi connectivity index (χ3v) is 17.0. The molecule has 0 aromatic heterocycles. The number of rotatable bonds is 68. The van der Waals surface area contributed by atoms with Gasteiger partial charge >= 0.3 is 39.5 Å². The van der Waals surface area contributed by atoms with Gasteiger partial charge in [0.15, 0.2) is 12.2 Å². The first-order chi connectivity index (χ1) is 44.7. The van der Waals surface area contributed by atoms with Gasteiger partial charge in [0, 0.05) is 25.7 Å². The Morgan fingerprint density at radius 2 is 0.576 bits per heavy atom. The highest BCUT2D eigenvalue weighted by Crippen LogP contribution is 2.45. The second kappa shape index (κ2) is 66.1. The molecule has 0 radical (unpaired) electrons. The van der Waals surface area contributed by atoms with E-state index in [2.05, 4.69) is 101 Å². The first-order valence-electron chi connectivity index (χ1n) is 36.2. The molecule has 17 nitrogen and oxygen atoms in total. The zero-order chi connectivity index (χ0) is 67.5. The predicted molar refractivity (Wildman–Crippen MR) is 372 cm³/mol. The van der Waals surface area contributed by atoms with Gasteiger partial charge < -0.3 is 33.8 Å². The lowest BCUT2D eigenvalue weighted by molar-refractivity contribution is -0.161. The van der Waals surface area contributed by atoms with Crippen LogP contribution in [0.4, 0.5) is 0 Å². The summed E-state index contributed by atoms with van der Waals surface area (Å²) in [5.74, 6) is -2.21. The molecule has 0 aromatic rings. The van der Waals surface area contributed by atoms with Crippen molar-refractivity contribution in [1.82, 2.24) is 0 Å². The molecule has 5 atom stereocenters. The molecule has 0 bridgehead atoms. The van der Waals surface area contributed by atoms with E-state index in [4.69, 9.17) is 37.0 Å². The molecule has 92 heavy (non-hydrogen) atoms. The first kappa shape index (κ1) is 88.5. The average Bonchev–Trinajstić information content (AvgIpc) is 2.55. The van der Waals surface area contributed by atoms with Crippen LogP contribution in [0, 0.1) is 0 Å². The molecule has 0 saturated heterocycles. The molecule has 0 rings (SSSR count). The largest absolute Gasteiger partial charge is 0.472 e. The number of hydrogen-bond acceptors (Lipinski definition) is 15. The van der Waals surface area contributed by atoms with E-state index in [9.17, 15) is 43.2 Å². The van der Waals surface area contributed by atoms with Crippen LogP contribution in [-0.2, 0) is 65.4 Å². The van der Waals surface area contributed by atoms with Gasteiger partial charge in [0.05, 0.1) is 26.4 Å². The molecule has 5 unspecified atom stereocenters. The molecule has 0 amide bonds. The van der Waals surface area contributed by atoms with Crippen LogP contribution >= 0.6 is 15.6 Å². The maximum absolute atomic E-state index is 13.0. The number of hydrogen-bond donors (Lipinski definition) is 3. The summed E-state index contributed by atoms with van der Waals surface area (Å²) in [6.45, 7) is 4.64. The number of aliphatic hydroxyl groups excluding tert-OH is 1. The van der Waals surface area contributed by atoms with Gasteiger partial charge in [-0.3, -0.25) is 37.3 Å². The van der Waals surface area contributed by atoms with Crippen molar-refractivity contribution in [2.24, 2.45) is 0 Å². The summed E-state index contributed by atoms with van der Waals surface area (Å²) in [6.07, 6.45) is 63.4. The average molecular weight is 1340 g/mol. The molecule has 0 heterocycles. The Kier molecular flexibility index (Phi) is 63.6. The summed E-state index contributed by atoms with van der Waals surface area (Å²) in [7, 11) is -9.94. The third kappa shape index (κ3) is 65.2. The monoisotopic (exact) mass is 1340 g/mol. The van der Waals surface area contributed by atoms with Crippen LogP contribution < -0.4 is 0 Å². The van der Waals surface area contributed by atoms with Crippen LogP contribution in [0.2, 0.25) is 0 Å². The van der Waals surface area contributed by atoms with Crippen molar-refractivity contribution in [2.75, 3.05) is 39.6 Å². The van der Waals surface area contributed by atoms with Crippen molar-refractivity contribution in [1.29, 1.82) is 0 Å². The molecule has 0 aliphatic heterocycles. The summed E-state index contributed by atoms with van der Waals surface area (Å²) in [6, 6.07) is 0. The van der Waals surface area contributed by atoms with Gasteiger partial charge in [-0.2, -0.15) is 0 Å². The van der Waals surface area contributed by atoms with Crippen molar-refractivity contribution in [3.63, 3.8) is 0 Å². The van der Waals surface area contributed by atoms with Crippen LogP contribution in [0.15, 0.2) is 72.9 Å². The number of aliphatic hydroxyl groups is 1. The van der Waals surface area contributed by atoms with Gasteiger partial charge in [-0.05, 0) is 122 Å². The Hall–Kier alpha value is -3.50. The first-order valence-corrected chi connectivity index (χ1v) is 39.2. The highest BCUT2D eigenvalue weighted by Gasteiger charge is 2.30. The van der Waals surface area contributed by atoms with Crippen LogP contribution in [0.25, 0.3) is 0 Å². The second-order valence-corrected chi connectivity index (χ2v) is 27.0. The summed E-state index contributed by atoms with van der Waals surface area (Å²) >= 11 is 0. The van der Waals surface area contributed by atoms with Gasteiger partial charge in [-0.25, -0.2) is 9.13 Å². The smallest absolute Gasteiger partial charge is 0.462 e. The molecule has 0 saturated carbocycles. The van der Waals surface area contributed by atoms with E-state index in [1.807, 2.05) is 0 Å². The summed E-state index contributed by atoms with van der Waals surface area (Å²) < 4.78 is 68.2. The zero-order valence-corrected chi connectivity index (χ0v) is 59.8. The number of allylic oxidation sites excluding steroid dienone is 12. The van der Waals surface area contributed by atoms with Crippen molar-refractivity contribution in [2.45, 2.75) is 329 Å². The molecule has 0 spiro atoms. The summed E-state index contributed by atoms with van der Waals surface area (Å²) in [4.78, 5) is 72.6. The fourth-order valence-corrected chi connectivity index (χ4v) is 11.1. The maximum Gasteiger partial charge on any atom is 0.472 e. The SMILES string of the molecule is CC/C=C\C/C=C\C/C=C\CCCCCCCC(=O)OCC(COP(=O)(O)OCC(O)COP(=O)(O)OCC(COC(=O)CCCCCCC/C=C\CCCCCCCC)OC(=O)CCCCCCC/C=C\CCCC)OC(=O)CCCCCCC/C=C\CCCC. The Labute approximate surface area is 558 Å². The van der Waals surface area contributed by atoms with Gasteiger partial charge in [0.2, 0.25) is 0 Å². The van der Waals surface area contributed by atoms with E-state index in [-0.39, 0.29) is 25.7 Å². The fraction of sp³-hybridized carbons (Fsp3) is 0.781. The number of esters is 4. The van der Waals surface area contributed by atoms with Gasteiger partial charge in [0.1, 0.15) is 19.3 Å². The molecule has 0 aromatic carbocycles. The standard InChI is InChI=1S/C73H130O17P2/c1-5-9-13-17-21-25-29-31-33-35-39-41-45-49-53-57-70(75)83-63-68(89-72(77)59-55-51-47-43-37-27-23-19-15-11-7-3)65-87-91(79,80)85-61-67(74)62-86-92(81,82)88-66-69(90-73(78)60-56-52-48-44-38-28-24-20-16-12-8-4)64-84-71(76)58-54-50-46-42-40-36-34-32-30-26-22-18-14-10-6-2/h9,13,19-21,23-25,31-34,67-69,74H,5-8,10-12,14-18,22,26-30,35-66H2,1-4H3,(H,79,80)(H,81,82)/b13-9-,23-19-,24-20-,25-21-,33-31-,34-32-. The fourth-order valence-electron chi connectivity index (χ4n) is 9.54. The zero-order valence-electron chi connectivity index (χ0n) is 58.0. The third-order valence-electron chi connectivity index (χ3n) is 15.1. The van der Waals surface area contributed by atoms with E-state index in [1.165, 1.54) is 64.2 Å². The molecule has 534 valence electrons. The number of phosphoric ester groups is 2. The van der Waals surface area contributed by atoms with E-state index in [0.717, 1.165) is 167 Å². The van der Waals surface area contributed by atoms with Crippen molar-refractivity contribution in [3.05, 3.63) is 72.9 Å². The highest BCUT2D eigenvalue weighted by atomic mass is 31.2. The molecule has 0 aliphatic carbocycles. The molecule has 0 aliphatic rings. The molecular formula is C73H130O17P2. The quantitative estimate of drug-likeness (QED) is 0.0169. The summed E-state index contributed by atoms with van der Waals surface area (Å²) in [5.41, 5.74) is 0. The lowest BCUT2D eigenvalue weighted by atomic mass is 10.1. The lowest BCUT2D eigenvalue weighted by Crippen LogP contribution is -2.30. The summed E-state index contributed by atoms with van der Waals surface area (Å²) in [5, 5.41) is 10.6. The number of carbonyl (C=O) groups excluding carboxylic acids is 4. The number of phosphoric acid groups is 2. The number of carbonyl (C=O) groups is 4. The minimum Gasteiger partial charge on any atom is -0.462 e. The van der Waals surface area contributed by atoms with Gasteiger partial charge in [-0.1, -0.05) is 235 Å². The topological polar surface area (TPSA) is 237 Å². The second-order valence-electron chi connectivity index (χ2n) is 24.1. The van der Waals surface area contributed by atoms with Crippen LogP contribution in [0.5, 0.6) is 0 Å². The minimum atomic E-state index is -4.97. The Morgan fingerprint density at radius 1 is 0.315 bits per heavy atom. The van der Waals surface area contributed by atoms with E-state index < -0.39 is 97.5 Å². The molecular weight excluding hydrogens is 1210 g/mol. The minimum absolute atomic E-state index is 0.0820. The van der Waals surface area contributed by atoms with Crippen LogP contribution in [0.1, 0.15) is 310 Å². The Bertz CT molecular complexity index is 2040. The molecule has 0 fully saturated rings.